The highest BCUT2D eigenvalue weighted by molar-refractivity contribution is 6.30. The van der Waals surface area contributed by atoms with Crippen molar-refractivity contribution < 1.29 is 18.7 Å². The number of benzene rings is 2. The number of hydrogen-bond donors (Lipinski definition) is 0. The number of rotatable bonds is 3. The van der Waals surface area contributed by atoms with Crippen LogP contribution in [-0.2, 0) is 24.3 Å². The summed E-state index contributed by atoms with van der Waals surface area (Å²) >= 11 is 5.77. The minimum absolute atomic E-state index is 0.0355. The smallest absolute Gasteiger partial charge is 0.410 e. The summed E-state index contributed by atoms with van der Waals surface area (Å²) in [5, 5.41) is 9.78. The highest BCUT2D eigenvalue weighted by atomic mass is 35.5. The average molecular weight is 417 g/mol. The lowest BCUT2D eigenvalue weighted by Crippen LogP contribution is -2.39. The van der Waals surface area contributed by atoms with Crippen LogP contribution in [0.3, 0.4) is 0 Å². The van der Waals surface area contributed by atoms with Crippen LogP contribution in [0.1, 0.15) is 43.0 Å². The van der Waals surface area contributed by atoms with Gasteiger partial charge in [-0.15, -0.1) is 0 Å². The molecule has 7 heteroatoms. The van der Waals surface area contributed by atoms with Gasteiger partial charge in [-0.2, -0.15) is 5.26 Å². The summed E-state index contributed by atoms with van der Waals surface area (Å²) in [6.45, 7) is 6.31. The summed E-state index contributed by atoms with van der Waals surface area (Å²) < 4.78 is 25.2. The Morgan fingerprint density at radius 2 is 2.03 bits per heavy atom. The van der Waals surface area contributed by atoms with E-state index in [9.17, 15) is 14.4 Å². The Bertz CT molecular complexity index is 979. The minimum Gasteiger partial charge on any atom is -0.487 e. The normalized spacial score (nSPS) is 13.4. The van der Waals surface area contributed by atoms with Crippen LogP contribution in [0.5, 0.6) is 5.75 Å². The highest BCUT2D eigenvalue weighted by Gasteiger charge is 2.26. The van der Waals surface area contributed by atoms with Gasteiger partial charge in [-0.3, -0.25) is 0 Å². The van der Waals surface area contributed by atoms with Crippen molar-refractivity contribution in [3.05, 3.63) is 63.4 Å². The second kappa shape index (κ2) is 8.30. The fourth-order valence-corrected chi connectivity index (χ4v) is 3.23. The predicted molar refractivity (Wildman–Crippen MR) is 107 cm³/mol. The molecule has 0 radical (unpaired) electrons. The van der Waals surface area contributed by atoms with Gasteiger partial charge in [0.2, 0.25) is 0 Å². The molecular weight excluding hydrogens is 395 g/mol. The number of nitriles is 1. The zero-order valence-corrected chi connectivity index (χ0v) is 17.3. The van der Waals surface area contributed by atoms with Crippen molar-refractivity contribution in [2.24, 2.45) is 0 Å². The van der Waals surface area contributed by atoms with Gasteiger partial charge in [-0.1, -0.05) is 17.7 Å². The van der Waals surface area contributed by atoms with Gasteiger partial charge < -0.3 is 14.4 Å². The Morgan fingerprint density at radius 3 is 2.69 bits per heavy atom. The third kappa shape index (κ3) is 5.18. The monoisotopic (exact) mass is 416 g/mol. The number of fused-ring (bicyclic) bond motifs is 1. The molecule has 1 aliphatic rings. The van der Waals surface area contributed by atoms with E-state index < -0.39 is 11.4 Å². The predicted octanol–water partition coefficient (Wildman–Crippen LogP) is 5.22. The van der Waals surface area contributed by atoms with E-state index in [4.69, 9.17) is 21.1 Å². The summed E-state index contributed by atoms with van der Waals surface area (Å²) in [6, 6.07) is 10.00. The van der Waals surface area contributed by atoms with Crippen LogP contribution in [-0.4, -0.2) is 23.1 Å². The lowest BCUT2D eigenvalue weighted by molar-refractivity contribution is 0.0223. The summed E-state index contributed by atoms with van der Waals surface area (Å²) in [5.41, 5.74) is 2.02. The Hall–Kier alpha value is -2.78. The number of carbonyl (C=O) groups excluding carboxylic acids is 1. The summed E-state index contributed by atoms with van der Waals surface area (Å²) in [7, 11) is 0. The van der Waals surface area contributed by atoms with Gasteiger partial charge in [-0.05, 0) is 62.6 Å². The number of ether oxygens (including phenoxy) is 2. The van der Waals surface area contributed by atoms with Crippen molar-refractivity contribution in [2.75, 3.05) is 6.54 Å². The molecule has 1 aliphatic heterocycles. The Labute approximate surface area is 174 Å². The zero-order chi connectivity index (χ0) is 21.2. The van der Waals surface area contributed by atoms with Crippen LogP contribution >= 0.6 is 11.6 Å². The fourth-order valence-electron chi connectivity index (χ4n) is 3.07. The topological polar surface area (TPSA) is 62.6 Å². The fraction of sp³-hybridized carbons (Fsp3) is 0.364. The molecule has 0 aliphatic carbocycles. The minimum atomic E-state index is -0.570. The lowest BCUT2D eigenvalue weighted by Gasteiger charge is -2.31. The van der Waals surface area contributed by atoms with Gasteiger partial charge in [0.1, 0.15) is 29.8 Å². The quantitative estimate of drug-likeness (QED) is 0.687. The second-order valence-corrected chi connectivity index (χ2v) is 8.34. The summed E-state index contributed by atoms with van der Waals surface area (Å²) in [5.74, 6) is -0.114. The van der Waals surface area contributed by atoms with Crippen molar-refractivity contribution in [2.45, 2.75) is 45.9 Å². The Kier molecular flexibility index (Phi) is 5.99. The van der Waals surface area contributed by atoms with Crippen molar-refractivity contribution in [3.8, 4) is 11.8 Å². The molecule has 2 aromatic rings. The molecule has 3 rings (SSSR count). The van der Waals surface area contributed by atoms with Crippen LogP contribution in [0.25, 0.3) is 0 Å². The van der Waals surface area contributed by atoms with Gasteiger partial charge in [0, 0.05) is 23.7 Å². The first-order chi connectivity index (χ1) is 13.7. The lowest BCUT2D eigenvalue weighted by atomic mass is 9.97. The van der Waals surface area contributed by atoms with E-state index in [1.807, 2.05) is 20.8 Å². The van der Waals surface area contributed by atoms with Crippen molar-refractivity contribution in [1.29, 1.82) is 5.26 Å². The summed E-state index contributed by atoms with van der Waals surface area (Å²) in [6.07, 6.45) is 0.244. The Balaban J connectivity index is 1.79. The number of hydrogen-bond acceptors (Lipinski definition) is 4. The molecule has 152 valence electrons. The van der Waals surface area contributed by atoms with Crippen LogP contribution in [0.15, 0.2) is 30.3 Å². The maximum Gasteiger partial charge on any atom is 0.410 e. The maximum atomic E-state index is 14.0. The number of carbonyl (C=O) groups is 1. The average Bonchev–Trinajstić information content (AvgIpc) is 2.64. The van der Waals surface area contributed by atoms with Crippen molar-refractivity contribution in [3.63, 3.8) is 0 Å². The molecule has 0 unspecified atom stereocenters. The van der Waals surface area contributed by atoms with E-state index in [2.05, 4.69) is 6.07 Å². The molecule has 0 saturated carbocycles. The van der Waals surface area contributed by atoms with Gasteiger partial charge in [0.25, 0.3) is 0 Å². The molecule has 5 nitrogen and oxygen atoms in total. The molecule has 29 heavy (non-hydrogen) atoms. The van der Waals surface area contributed by atoms with Crippen LogP contribution in [0.4, 0.5) is 9.18 Å². The summed E-state index contributed by atoms with van der Waals surface area (Å²) in [4.78, 5) is 14.0. The zero-order valence-electron chi connectivity index (χ0n) is 16.6. The van der Waals surface area contributed by atoms with Gasteiger partial charge >= 0.3 is 6.09 Å². The largest absolute Gasteiger partial charge is 0.487 e. The van der Waals surface area contributed by atoms with E-state index in [0.29, 0.717) is 41.4 Å². The van der Waals surface area contributed by atoms with Gasteiger partial charge in [0.05, 0.1) is 5.56 Å². The highest BCUT2D eigenvalue weighted by Crippen LogP contribution is 2.29. The van der Waals surface area contributed by atoms with Crippen molar-refractivity contribution >= 4 is 17.7 Å². The van der Waals surface area contributed by atoms with E-state index >= 15 is 0 Å². The standard InChI is InChI=1S/C22H22ClFN2O3/c1-22(2,3)29-21(27)26-7-6-14-8-16(11-25)20(9-17(14)12-26)28-13-15-4-5-18(23)10-19(15)24/h4-5,8-10H,6-7,12-13H2,1-3H3. The van der Waals surface area contributed by atoms with E-state index in [0.717, 1.165) is 11.1 Å². The number of nitrogens with zero attached hydrogens (tertiary/aromatic N) is 2. The van der Waals surface area contributed by atoms with E-state index in [1.165, 1.54) is 6.07 Å². The van der Waals surface area contributed by atoms with E-state index in [1.54, 1.807) is 29.2 Å². The number of halogens is 2. The van der Waals surface area contributed by atoms with Gasteiger partial charge in [-0.25, -0.2) is 9.18 Å². The third-order valence-corrected chi connectivity index (χ3v) is 4.72. The van der Waals surface area contributed by atoms with Crippen LogP contribution in [0.2, 0.25) is 5.02 Å². The Morgan fingerprint density at radius 1 is 1.28 bits per heavy atom. The molecule has 0 atom stereocenters. The second-order valence-electron chi connectivity index (χ2n) is 7.91. The molecule has 0 spiro atoms. The molecule has 0 aromatic heterocycles. The van der Waals surface area contributed by atoms with Crippen molar-refractivity contribution in [1.82, 2.24) is 4.90 Å². The molecule has 0 bridgehead atoms. The first-order valence-corrected chi connectivity index (χ1v) is 9.64. The van der Waals surface area contributed by atoms with Crippen LogP contribution in [0, 0.1) is 17.1 Å². The first-order valence-electron chi connectivity index (χ1n) is 9.27. The first kappa shape index (κ1) is 20.9. The van der Waals surface area contributed by atoms with E-state index in [-0.39, 0.29) is 12.7 Å². The number of amides is 1. The molecule has 0 saturated heterocycles. The molecular formula is C22H22ClFN2O3. The van der Waals surface area contributed by atoms with Crippen LogP contribution < -0.4 is 4.74 Å². The molecule has 1 amide bonds. The maximum absolute atomic E-state index is 14.0. The van der Waals surface area contributed by atoms with Gasteiger partial charge in [0.15, 0.2) is 0 Å². The molecule has 0 N–H and O–H groups in total. The molecule has 1 heterocycles. The SMILES string of the molecule is CC(C)(C)OC(=O)N1CCc2cc(C#N)c(OCc3ccc(Cl)cc3F)cc2C1. The third-order valence-electron chi connectivity index (χ3n) is 4.48. The molecule has 0 fully saturated rings. The molecule has 2 aromatic carbocycles.